The second-order valence-corrected chi connectivity index (χ2v) is 9.91. The van der Waals surface area contributed by atoms with Crippen LogP contribution >= 0.6 is 0 Å². The molecule has 0 saturated carbocycles. The number of hydrogen-bond acceptors (Lipinski definition) is 5. The number of fused-ring (bicyclic) bond motifs is 1. The Bertz CT molecular complexity index is 916. The van der Waals surface area contributed by atoms with Crippen molar-refractivity contribution in [1.29, 1.82) is 0 Å². The van der Waals surface area contributed by atoms with E-state index in [9.17, 15) is 13.5 Å². The lowest BCUT2D eigenvalue weighted by Crippen LogP contribution is -2.39. The molecule has 27 heavy (non-hydrogen) atoms. The minimum absolute atomic E-state index is 0.00294. The fourth-order valence-corrected chi connectivity index (χ4v) is 5.51. The molecule has 1 unspecified atom stereocenters. The average molecular weight is 391 g/mol. The number of aliphatic hydroxyl groups excluding tert-OH is 1. The molecule has 1 aromatic heterocycles. The predicted molar refractivity (Wildman–Crippen MR) is 99.9 cm³/mol. The molecule has 2 N–H and O–H groups in total. The average Bonchev–Trinajstić information content (AvgIpc) is 3.26. The van der Waals surface area contributed by atoms with Gasteiger partial charge in [-0.25, -0.2) is 13.4 Å². The van der Waals surface area contributed by atoms with E-state index in [1.165, 1.54) is 4.31 Å². The Morgan fingerprint density at radius 3 is 2.74 bits per heavy atom. The Balaban J connectivity index is 1.47. The number of imidazole rings is 1. The van der Waals surface area contributed by atoms with Crippen LogP contribution in [0.15, 0.2) is 35.5 Å². The van der Waals surface area contributed by atoms with Crippen molar-refractivity contribution in [1.82, 2.24) is 14.3 Å². The second-order valence-electron chi connectivity index (χ2n) is 7.97. The highest BCUT2D eigenvalue weighted by atomic mass is 32.2. The molecule has 0 radical (unpaired) electrons. The summed E-state index contributed by atoms with van der Waals surface area (Å²) in [4.78, 5) is 7.34. The largest absolute Gasteiger partial charge is 0.487 e. The first-order chi connectivity index (χ1) is 12.8. The molecular formula is C19H25N3O4S. The molecule has 2 aliphatic heterocycles. The number of hydrogen-bond donors (Lipinski definition) is 2. The van der Waals surface area contributed by atoms with Gasteiger partial charge in [0.15, 0.2) is 0 Å². The number of aliphatic hydroxyl groups is 1. The smallest absolute Gasteiger partial charge is 0.243 e. The molecule has 2 aliphatic rings. The monoisotopic (exact) mass is 391 g/mol. The van der Waals surface area contributed by atoms with E-state index in [0.29, 0.717) is 43.1 Å². The number of piperidine rings is 1. The van der Waals surface area contributed by atoms with E-state index in [0.717, 1.165) is 11.3 Å². The standard InChI is InChI=1S/C19H25N3O4S/c1-19(2)12-14-11-15(3-4-16(14)26-19)27(24,25)22-9-5-13(6-10-22)17(23)18-20-7-8-21-18/h3-4,7-8,11,13,17,23H,5-6,9-10,12H2,1-2H3,(H,20,21). The van der Waals surface area contributed by atoms with Crippen molar-refractivity contribution >= 4 is 10.0 Å². The van der Waals surface area contributed by atoms with Crippen molar-refractivity contribution in [2.24, 2.45) is 5.92 Å². The van der Waals surface area contributed by atoms with Crippen molar-refractivity contribution in [3.63, 3.8) is 0 Å². The summed E-state index contributed by atoms with van der Waals surface area (Å²) in [7, 11) is -3.55. The zero-order chi connectivity index (χ0) is 19.2. The first kappa shape index (κ1) is 18.5. The van der Waals surface area contributed by atoms with Crippen LogP contribution in [-0.4, -0.2) is 46.5 Å². The van der Waals surface area contributed by atoms with E-state index >= 15 is 0 Å². The molecule has 3 heterocycles. The Labute approximate surface area is 159 Å². The van der Waals surface area contributed by atoms with Gasteiger partial charge in [-0.3, -0.25) is 0 Å². The SMILES string of the molecule is CC1(C)Cc2cc(S(=O)(=O)N3CCC(C(O)c4ncc[nH]4)CC3)ccc2O1. The summed E-state index contributed by atoms with van der Waals surface area (Å²) < 4.78 is 33.5. The van der Waals surface area contributed by atoms with E-state index in [4.69, 9.17) is 4.74 Å². The minimum atomic E-state index is -3.55. The maximum Gasteiger partial charge on any atom is 0.243 e. The van der Waals surface area contributed by atoms with Crippen LogP contribution in [0.4, 0.5) is 0 Å². The summed E-state index contributed by atoms with van der Waals surface area (Å²) >= 11 is 0. The van der Waals surface area contributed by atoms with Gasteiger partial charge < -0.3 is 14.8 Å². The fourth-order valence-electron chi connectivity index (χ4n) is 3.99. The number of aromatic amines is 1. The molecule has 0 aliphatic carbocycles. The van der Waals surface area contributed by atoms with E-state index in [1.54, 1.807) is 30.6 Å². The van der Waals surface area contributed by atoms with Crippen molar-refractivity contribution in [3.05, 3.63) is 42.0 Å². The van der Waals surface area contributed by atoms with Gasteiger partial charge in [0.25, 0.3) is 0 Å². The highest BCUT2D eigenvalue weighted by molar-refractivity contribution is 7.89. The molecule has 0 spiro atoms. The third-order valence-electron chi connectivity index (χ3n) is 5.42. The maximum atomic E-state index is 13.1. The quantitative estimate of drug-likeness (QED) is 0.833. The summed E-state index contributed by atoms with van der Waals surface area (Å²) in [6.07, 6.45) is 4.49. The number of benzene rings is 1. The Morgan fingerprint density at radius 2 is 2.07 bits per heavy atom. The normalized spacial score (nSPS) is 21.6. The zero-order valence-electron chi connectivity index (χ0n) is 15.6. The highest BCUT2D eigenvalue weighted by Crippen LogP contribution is 2.37. The molecule has 4 rings (SSSR count). The van der Waals surface area contributed by atoms with Crippen LogP contribution in [0.5, 0.6) is 5.75 Å². The van der Waals surface area contributed by atoms with Crippen LogP contribution in [0.1, 0.15) is 44.2 Å². The first-order valence-corrected chi connectivity index (χ1v) is 10.7. The molecule has 146 valence electrons. The van der Waals surface area contributed by atoms with Crippen molar-refractivity contribution in [3.8, 4) is 5.75 Å². The Hall–Kier alpha value is -1.90. The second kappa shape index (κ2) is 6.61. The van der Waals surface area contributed by atoms with E-state index in [-0.39, 0.29) is 11.5 Å². The number of nitrogens with one attached hydrogen (secondary N) is 1. The number of nitrogens with zero attached hydrogens (tertiary/aromatic N) is 2. The summed E-state index contributed by atoms with van der Waals surface area (Å²) in [5.74, 6) is 1.30. The molecule has 1 saturated heterocycles. The molecule has 7 nitrogen and oxygen atoms in total. The van der Waals surface area contributed by atoms with E-state index in [2.05, 4.69) is 9.97 Å². The van der Waals surface area contributed by atoms with Gasteiger partial charge in [0, 0.05) is 31.9 Å². The minimum Gasteiger partial charge on any atom is -0.487 e. The van der Waals surface area contributed by atoms with Gasteiger partial charge in [0.2, 0.25) is 10.0 Å². The number of sulfonamides is 1. The van der Waals surface area contributed by atoms with Crippen molar-refractivity contribution in [2.75, 3.05) is 13.1 Å². The van der Waals surface area contributed by atoms with Gasteiger partial charge in [0.1, 0.15) is 23.3 Å². The lowest BCUT2D eigenvalue weighted by Gasteiger charge is -2.33. The van der Waals surface area contributed by atoms with Crippen LogP contribution < -0.4 is 4.74 Å². The van der Waals surface area contributed by atoms with Crippen LogP contribution in [0, 0.1) is 5.92 Å². The third kappa shape index (κ3) is 3.49. The number of ether oxygens (including phenoxy) is 1. The summed E-state index contributed by atoms with van der Waals surface area (Å²) in [5.41, 5.74) is 0.634. The lowest BCUT2D eigenvalue weighted by molar-refractivity contribution is 0.0696. The number of H-pyrrole nitrogens is 1. The number of aromatic nitrogens is 2. The third-order valence-corrected chi connectivity index (χ3v) is 7.31. The summed E-state index contributed by atoms with van der Waals surface area (Å²) in [6.45, 7) is 4.78. The van der Waals surface area contributed by atoms with Crippen molar-refractivity contribution in [2.45, 2.75) is 49.7 Å². The Morgan fingerprint density at radius 1 is 1.33 bits per heavy atom. The van der Waals surface area contributed by atoms with Gasteiger partial charge in [-0.05, 0) is 56.4 Å². The highest BCUT2D eigenvalue weighted by Gasteiger charge is 2.35. The van der Waals surface area contributed by atoms with Gasteiger partial charge in [-0.15, -0.1) is 0 Å². The summed E-state index contributed by atoms with van der Waals surface area (Å²) in [6, 6.07) is 5.12. The van der Waals surface area contributed by atoms with Crippen LogP contribution in [0.25, 0.3) is 0 Å². The van der Waals surface area contributed by atoms with E-state index < -0.39 is 16.1 Å². The Kier molecular flexibility index (Phi) is 4.52. The predicted octanol–water partition coefficient (Wildman–Crippen LogP) is 2.26. The lowest BCUT2D eigenvalue weighted by atomic mass is 9.92. The maximum absolute atomic E-state index is 13.1. The molecule has 1 fully saturated rings. The molecule has 1 aromatic carbocycles. The molecule has 1 atom stereocenters. The first-order valence-electron chi connectivity index (χ1n) is 9.26. The van der Waals surface area contributed by atoms with Crippen LogP contribution in [-0.2, 0) is 16.4 Å². The molecular weight excluding hydrogens is 366 g/mol. The summed E-state index contributed by atoms with van der Waals surface area (Å²) in [5, 5.41) is 10.4. The number of rotatable bonds is 4. The van der Waals surface area contributed by atoms with Gasteiger partial charge >= 0.3 is 0 Å². The molecule has 0 amide bonds. The van der Waals surface area contributed by atoms with Crippen molar-refractivity contribution < 1.29 is 18.3 Å². The van der Waals surface area contributed by atoms with Crippen LogP contribution in [0.2, 0.25) is 0 Å². The topological polar surface area (TPSA) is 95.5 Å². The van der Waals surface area contributed by atoms with Gasteiger partial charge in [-0.2, -0.15) is 4.31 Å². The fraction of sp³-hybridized carbons (Fsp3) is 0.526. The van der Waals surface area contributed by atoms with Gasteiger partial charge in [0.05, 0.1) is 4.90 Å². The molecule has 2 aromatic rings. The molecule has 0 bridgehead atoms. The van der Waals surface area contributed by atoms with E-state index in [1.807, 2.05) is 13.8 Å². The molecule has 8 heteroatoms. The van der Waals surface area contributed by atoms with Crippen LogP contribution in [0.3, 0.4) is 0 Å². The van der Waals surface area contributed by atoms with Gasteiger partial charge in [-0.1, -0.05) is 0 Å². The zero-order valence-corrected chi connectivity index (χ0v) is 16.4.